The van der Waals surface area contributed by atoms with E-state index in [-0.39, 0.29) is 12.5 Å². The van der Waals surface area contributed by atoms with Gasteiger partial charge in [-0.25, -0.2) is 0 Å². The second-order valence-corrected chi connectivity index (χ2v) is 5.15. The molecule has 0 bridgehead atoms. The number of nitrogens with one attached hydrogen (secondary N) is 2. The largest absolute Gasteiger partial charge is 0.394 e. The summed E-state index contributed by atoms with van der Waals surface area (Å²) < 4.78 is 10.8. The second-order valence-electron chi connectivity index (χ2n) is 5.15. The smallest absolute Gasteiger partial charge is 0.243 e. The summed E-state index contributed by atoms with van der Waals surface area (Å²) >= 11 is 0. The van der Waals surface area contributed by atoms with Crippen LogP contribution in [0.25, 0.3) is 0 Å². The van der Waals surface area contributed by atoms with Gasteiger partial charge >= 0.3 is 0 Å². The molecule has 9 nitrogen and oxygen atoms in total. The van der Waals surface area contributed by atoms with Crippen LogP contribution >= 0.6 is 0 Å². The van der Waals surface area contributed by atoms with Gasteiger partial charge < -0.3 is 35.4 Å². The SMILES string of the molecule is C=CC(=O)NCCCO[C@@H]1O[C@H](CO)[C@@H](O)[C@H](O)[C@H]1NC(C)=O. The van der Waals surface area contributed by atoms with Crippen LogP contribution in [0.15, 0.2) is 12.7 Å². The highest BCUT2D eigenvalue weighted by Crippen LogP contribution is 2.22. The lowest BCUT2D eigenvalue weighted by molar-refractivity contribution is -0.270. The molecule has 0 aliphatic carbocycles. The van der Waals surface area contributed by atoms with Gasteiger partial charge in [-0.3, -0.25) is 9.59 Å². The van der Waals surface area contributed by atoms with Crippen molar-refractivity contribution in [1.29, 1.82) is 0 Å². The van der Waals surface area contributed by atoms with E-state index >= 15 is 0 Å². The standard InChI is InChI=1S/C14H24N2O7/c1-3-10(19)15-5-4-6-22-14-11(16-8(2)18)13(21)12(20)9(7-17)23-14/h3,9,11-14,17,20-21H,1,4-7H2,2H3,(H,15,19)(H,16,18)/t9-,11-,12-,13-,14-/m1/s1. The van der Waals surface area contributed by atoms with Gasteiger partial charge in [0.15, 0.2) is 6.29 Å². The highest BCUT2D eigenvalue weighted by Gasteiger charge is 2.45. The van der Waals surface area contributed by atoms with Crippen LogP contribution in [0.1, 0.15) is 13.3 Å². The third-order valence-electron chi connectivity index (χ3n) is 3.34. The summed E-state index contributed by atoms with van der Waals surface area (Å²) in [6, 6.07) is -0.965. The van der Waals surface area contributed by atoms with Gasteiger partial charge in [-0.05, 0) is 12.5 Å². The van der Waals surface area contributed by atoms with Gasteiger partial charge in [0.2, 0.25) is 11.8 Å². The fraction of sp³-hybridized carbons (Fsp3) is 0.714. The van der Waals surface area contributed by atoms with E-state index in [4.69, 9.17) is 14.6 Å². The minimum atomic E-state index is -1.34. The summed E-state index contributed by atoms with van der Waals surface area (Å²) in [5.74, 6) is -0.715. The van der Waals surface area contributed by atoms with Crippen molar-refractivity contribution in [3.05, 3.63) is 12.7 Å². The Hall–Kier alpha value is -1.52. The number of amides is 2. The first-order valence-corrected chi connectivity index (χ1v) is 7.32. The number of ether oxygens (including phenoxy) is 2. The average Bonchev–Trinajstić information content (AvgIpc) is 2.52. The minimum absolute atomic E-state index is 0.180. The molecule has 2 amide bonds. The fourth-order valence-corrected chi connectivity index (χ4v) is 2.17. The van der Waals surface area contributed by atoms with E-state index in [9.17, 15) is 19.8 Å². The molecule has 1 saturated heterocycles. The Morgan fingerprint density at radius 3 is 2.61 bits per heavy atom. The van der Waals surface area contributed by atoms with Gasteiger partial charge in [-0.2, -0.15) is 0 Å². The Kier molecular flexibility index (Phi) is 8.13. The number of carbonyl (C=O) groups is 2. The Labute approximate surface area is 134 Å². The Morgan fingerprint density at radius 2 is 2.04 bits per heavy atom. The number of hydrogen-bond donors (Lipinski definition) is 5. The Morgan fingerprint density at radius 1 is 1.35 bits per heavy atom. The predicted molar refractivity (Wildman–Crippen MR) is 79.1 cm³/mol. The van der Waals surface area contributed by atoms with Crippen molar-refractivity contribution in [2.75, 3.05) is 19.8 Å². The van der Waals surface area contributed by atoms with E-state index in [1.54, 1.807) is 0 Å². The number of rotatable bonds is 8. The van der Waals surface area contributed by atoms with Crippen LogP contribution in [-0.4, -0.2) is 77.5 Å². The van der Waals surface area contributed by atoms with Crippen LogP contribution in [-0.2, 0) is 19.1 Å². The van der Waals surface area contributed by atoms with E-state index in [0.717, 1.165) is 6.08 Å². The topological polar surface area (TPSA) is 137 Å². The van der Waals surface area contributed by atoms with E-state index in [0.29, 0.717) is 13.0 Å². The van der Waals surface area contributed by atoms with E-state index in [2.05, 4.69) is 17.2 Å². The van der Waals surface area contributed by atoms with E-state index in [1.165, 1.54) is 6.92 Å². The molecule has 0 aromatic carbocycles. The average molecular weight is 332 g/mol. The molecule has 1 aliphatic heterocycles. The zero-order valence-electron chi connectivity index (χ0n) is 13.0. The van der Waals surface area contributed by atoms with Crippen LogP contribution in [0.3, 0.4) is 0 Å². The molecule has 0 saturated carbocycles. The Bertz CT molecular complexity index is 418. The lowest BCUT2D eigenvalue weighted by atomic mass is 9.97. The first-order valence-electron chi connectivity index (χ1n) is 7.32. The summed E-state index contributed by atoms with van der Waals surface area (Å²) in [6.45, 7) is 4.63. The highest BCUT2D eigenvalue weighted by molar-refractivity contribution is 5.86. The summed E-state index contributed by atoms with van der Waals surface area (Å²) in [4.78, 5) is 22.2. The summed E-state index contributed by atoms with van der Waals surface area (Å²) in [5.41, 5.74) is 0. The maximum Gasteiger partial charge on any atom is 0.243 e. The van der Waals surface area contributed by atoms with Crippen molar-refractivity contribution >= 4 is 11.8 Å². The van der Waals surface area contributed by atoms with Crippen molar-refractivity contribution in [2.45, 2.75) is 44.0 Å². The molecular formula is C14H24N2O7. The molecule has 1 fully saturated rings. The number of aliphatic hydroxyl groups excluding tert-OH is 3. The van der Waals surface area contributed by atoms with Crippen LogP contribution < -0.4 is 10.6 Å². The lowest BCUT2D eigenvalue weighted by Gasteiger charge is -2.42. The van der Waals surface area contributed by atoms with Crippen molar-refractivity contribution in [1.82, 2.24) is 10.6 Å². The molecule has 0 radical (unpaired) electrons. The molecule has 132 valence electrons. The summed E-state index contributed by atoms with van der Waals surface area (Å²) in [6.07, 6.45) is -3.10. The van der Waals surface area contributed by atoms with E-state index in [1.807, 2.05) is 0 Å². The number of carbonyl (C=O) groups excluding carboxylic acids is 2. The summed E-state index contributed by atoms with van der Waals surface area (Å²) in [7, 11) is 0. The van der Waals surface area contributed by atoms with Gasteiger partial charge in [0.25, 0.3) is 0 Å². The first-order chi connectivity index (χ1) is 10.9. The molecule has 9 heteroatoms. The first kappa shape index (κ1) is 19.5. The molecule has 5 atom stereocenters. The van der Waals surface area contributed by atoms with Gasteiger partial charge in [0.05, 0.1) is 13.2 Å². The van der Waals surface area contributed by atoms with Crippen LogP contribution in [0.4, 0.5) is 0 Å². The Balaban J connectivity index is 2.54. The quantitative estimate of drug-likeness (QED) is 0.248. The molecule has 0 aromatic heterocycles. The molecule has 0 unspecified atom stereocenters. The molecule has 5 N–H and O–H groups in total. The zero-order chi connectivity index (χ0) is 17.4. The van der Waals surface area contributed by atoms with Crippen molar-refractivity contribution in [3.63, 3.8) is 0 Å². The third-order valence-corrected chi connectivity index (χ3v) is 3.34. The van der Waals surface area contributed by atoms with Gasteiger partial charge in [0, 0.05) is 13.5 Å². The van der Waals surface area contributed by atoms with Crippen LogP contribution in [0.2, 0.25) is 0 Å². The van der Waals surface area contributed by atoms with Gasteiger partial charge in [-0.1, -0.05) is 6.58 Å². The minimum Gasteiger partial charge on any atom is -0.394 e. The highest BCUT2D eigenvalue weighted by atomic mass is 16.7. The number of aliphatic hydroxyl groups is 3. The summed E-state index contributed by atoms with van der Waals surface area (Å²) in [5, 5.41) is 34.1. The van der Waals surface area contributed by atoms with Crippen molar-refractivity contribution in [2.24, 2.45) is 0 Å². The van der Waals surface area contributed by atoms with Crippen molar-refractivity contribution < 1.29 is 34.4 Å². The predicted octanol–water partition coefficient (Wildman–Crippen LogP) is -2.36. The van der Waals surface area contributed by atoms with Gasteiger partial charge in [-0.15, -0.1) is 0 Å². The molecule has 1 heterocycles. The third kappa shape index (κ3) is 5.88. The number of hydrogen-bond acceptors (Lipinski definition) is 7. The fourth-order valence-electron chi connectivity index (χ4n) is 2.17. The molecule has 23 heavy (non-hydrogen) atoms. The van der Waals surface area contributed by atoms with Gasteiger partial charge in [0.1, 0.15) is 24.4 Å². The molecule has 0 aromatic rings. The van der Waals surface area contributed by atoms with Crippen LogP contribution in [0, 0.1) is 0 Å². The normalized spacial score (nSPS) is 30.5. The lowest BCUT2D eigenvalue weighted by Crippen LogP contribution is -2.64. The van der Waals surface area contributed by atoms with Crippen molar-refractivity contribution in [3.8, 4) is 0 Å². The van der Waals surface area contributed by atoms with Crippen LogP contribution in [0.5, 0.6) is 0 Å². The second kappa shape index (κ2) is 9.58. The molecule has 1 aliphatic rings. The maximum atomic E-state index is 11.2. The van der Waals surface area contributed by atoms with E-state index < -0.39 is 43.2 Å². The maximum absolute atomic E-state index is 11.2. The monoisotopic (exact) mass is 332 g/mol. The zero-order valence-corrected chi connectivity index (χ0v) is 13.0. The molecular weight excluding hydrogens is 308 g/mol. The molecule has 0 spiro atoms. The molecule has 1 rings (SSSR count).